The molecule has 3 aliphatic rings. The molecule has 1 amide bonds. The molecule has 170 valence electrons. The first-order valence-corrected chi connectivity index (χ1v) is 11.9. The van der Waals surface area contributed by atoms with Crippen molar-refractivity contribution in [1.29, 1.82) is 0 Å². The zero-order chi connectivity index (χ0) is 22.4. The number of carbonyl (C=O) groups is 1. The summed E-state index contributed by atoms with van der Waals surface area (Å²) in [6.45, 7) is 6.27. The number of anilines is 1. The molecule has 0 spiro atoms. The third-order valence-electron chi connectivity index (χ3n) is 7.07. The number of benzene rings is 1. The van der Waals surface area contributed by atoms with Gasteiger partial charge in [-0.3, -0.25) is 4.79 Å². The number of aliphatic hydroxyl groups excluding tert-OH is 1. The average molecular weight is 476 g/mol. The number of rotatable bonds is 3. The lowest BCUT2D eigenvalue weighted by atomic mass is 9.88. The van der Waals surface area contributed by atoms with Crippen LogP contribution in [0.5, 0.6) is 0 Å². The minimum Gasteiger partial charge on any atom is -0.387 e. The highest BCUT2D eigenvalue weighted by molar-refractivity contribution is 6.42. The minimum atomic E-state index is -0.516. The molecule has 9 heteroatoms. The van der Waals surface area contributed by atoms with Gasteiger partial charge in [0.15, 0.2) is 0 Å². The molecule has 2 aliphatic heterocycles. The van der Waals surface area contributed by atoms with Crippen molar-refractivity contribution < 1.29 is 9.90 Å². The molecule has 5 rings (SSSR count). The summed E-state index contributed by atoms with van der Waals surface area (Å²) in [7, 11) is 0. The van der Waals surface area contributed by atoms with E-state index < -0.39 is 6.10 Å². The Bertz CT molecular complexity index is 1030. The summed E-state index contributed by atoms with van der Waals surface area (Å²) < 4.78 is 0. The quantitative estimate of drug-likeness (QED) is 0.709. The summed E-state index contributed by atoms with van der Waals surface area (Å²) in [5.41, 5.74) is 2.85. The summed E-state index contributed by atoms with van der Waals surface area (Å²) in [5, 5.41) is 14.7. The first kappa shape index (κ1) is 21.9. The fourth-order valence-electron chi connectivity index (χ4n) is 5.36. The van der Waals surface area contributed by atoms with Crippen LogP contribution in [0.3, 0.4) is 0 Å². The SMILES string of the molecule is C[C@@H]1C[C@@H](O)c2ncnc(N3CCN(C(=O)C4CNCC4c4ccc(Cl)c(Cl)c4)CC3)c21. The van der Waals surface area contributed by atoms with Crippen molar-refractivity contribution in [2.75, 3.05) is 44.2 Å². The van der Waals surface area contributed by atoms with Gasteiger partial charge in [0.1, 0.15) is 12.1 Å². The second-order valence-corrected chi connectivity index (χ2v) is 9.82. The molecule has 2 saturated heterocycles. The van der Waals surface area contributed by atoms with Gasteiger partial charge in [0.2, 0.25) is 5.91 Å². The van der Waals surface area contributed by atoms with E-state index >= 15 is 0 Å². The highest BCUT2D eigenvalue weighted by Crippen LogP contribution is 2.43. The van der Waals surface area contributed by atoms with Gasteiger partial charge in [0, 0.05) is 50.7 Å². The lowest BCUT2D eigenvalue weighted by Gasteiger charge is -2.38. The maximum Gasteiger partial charge on any atom is 0.227 e. The van der Waals surface area contributed by atoms with E-state index in [4.69, 9.17) is 23.2 Å². The van der Waals surface area contributed by atoms with E-state index in [2.05, 4.69) is 27.1 Å². The van der Waals surface area contributed by atoms with E-state index in [0.29, 0.717) is 36.1 Å². The smallest absolute Gasteiger partial charge is 0.227 e. The molecule has 1 aromatic carbocycles. The van der Waals surface area contributed by atoms with E-state index in [1.54, 1.807) is 12.4 Å². The molecule has 0 bridgehead atoms. The molecule has 3 heterocycles. The van der Waals surface area contributed by atoms with Crippen LogP contribution >= 0.6 is 23.2 Å². The zero-order valence-corrected chi connectivity index (χ0v) is 19.5. The Labute approximate surface area is 197 Å². The number of aromatic nitrogens is 2. The van der Waals surface area contributed by atoms with Gasteiger partial charge in [0.25, 0.3) is 0 Å². The number of piperazine rings is 1. The van der Waals surface area contributed by atoms with E-state index in [1.807, 2.05) is 17.0 Å². The van der Waals surface area contributed by atoms with Crippen molar-refractivity contribution in [1.82, 2.24) is 20.2 Å². The Morgan fingerprint density at radius 3 is 2.66 bits per heavy atom. The second-order valence-electron chi connectivity index (χ2n) is 9.01. The summed E-state index contributed by atoms with van der Waals surface area (Å²) in [6, 6.07) is 5.65. The summed E-state index contributed by atoms with van der Waals surface area (Å²) >= 11 is 12.3. The lowest BCUT2D eigenvalue weighted by Crippen LogP contribution is -2.51. The Kier molecular flexibility index (Phi) is 6.01. The predicted molar refractivity (Wildman–Crippen MR) is 124 cm³/mol. The van der Waals surface area contributed by atoms with Crippen LogP contribution in [0.4, 0.5) is 5.82 Å². The Morgan fingerprint density at radius 1 is 1.12 bits per heavy atom. The second kappa shape index (κ2) is 8.78. The molecule has 2 unspecified atom stereocenters. The van der Waals surface area contributed by atoms with E-state index in [0.717, 1.165) is 42.3 Å². The molecule has 0 radical (unpaired) electrons. The van der Waals surface area contributed by atoms with Crippen LogP contribution in [-0.4, -0.2) is 65.2 Å². The summed E-state index contributed by atoms with van der Waals surface area (Å²) in [5.74, 6) is 1.29. The van der Waals surface area contributed by atoms with Gasteiger partial charge in [-0.2, -0.15) is 0 Å². The fraction of sp³-hybridized carbons (Fsp3) is 0.522. The molecule has 1 aromatic heterocycles. The Morgan fingerprint density at radius 2 is 1.91 bits per heavy atom. The number of halogens is 2. The van der Waals surface area contributed by atoms with Gasteiger partial charge in [0.05, 0.1) is 27.8 Å². The molecule has 4 atom stereocenters. The first-order valence-electron chi connectivity index (χ1n) is 11.2. The highest BCUT2D eigenvalue weighted by atomic mass is 35.5. The molecular weight excluding hydrogens is 449 g/mol. The average Bonchev–Trinajstić information content (AvgIpc) is 3.40. The van der Waals surface area contributed by atoms with Crippen molar-refractivity contribution in [2.24, 2.45) is 5.92 Å². The number of aliphatic hydroxyl groups is 1. The van der Waals surface area contributed by atoms with Crippen LogP contribution in [-0.2, 0) is 4.79 Å². The topological polar surface area (TPSA) is 81.6 Å². The van der Waals surface area contributed by atoms with E-state index in [9.17, 15) is 9.90 Å². The first-order chi connectivity index (χ1) is 15.4. The predicted octanol–water partition coefficient (Wildman–Crippen LogP) is 2.98. The van der Waals surface area contributed by atoms with Crippen LogP contribution in [0.25, 0.3) is 0 Å². The Hall–Kier alpha value is -1.93. The number of carbonyl (C=O) groups excluding carboxylic acids is 1. The molecule has 2 fully saturated rings. The highest BCUT2D eigenvalue weighted by Gasteiger charge is 2.38. The lowest BCUT2D eigenvalue weighted by molar-refractivity contribution is -0.135. The number of fused-ring (bicyclic) bond motifs is 1. The summed E-state index contributed by atoms with van der Waals surface area (Å²) in [6.07, 6.45) is 1.71. The van der Waals surface area contributed by atoms with Gasteiger partial charge in [-0.05, 0) is 30.0 Å². The molecule has 2 N–H and O–H groups in total. The minimum absolute atomic E-state index is 0.0859. The van der Waals surface area contributed by atoms with Crippen molar-refractivity contribution in [3.63, 3.8) is 0 Å². The van der Waals surface area contributed by atoms with Crippen molar-refractivity contribution in [3.05, 3.63) is 51.4 Å². The van der Waals surface area contributed by atoms with Gasteiger partial charge < -0.3 is 20.2 Å². The molecule has 7 nitrogen and oxygen atoms in total. The largest absolute Gasteiger partial charge is 0.387 e. The van der Waals surface area contributed by atoms with Crippen LogP contribution in [0, 0.1) is 5.92 Å². The van der Waals surface area contributed by atoms with E-state index in [-0.39, 0.29) is 23.7 Å². The summed E-state index contributed by atoms with van der Waals surface area (Å²) in [4.78, 5) is 26.5. The monoisotopic (exact) mass is 475 g/mol. The number of hydrogen-bond donors (Lipinski definition) is 2. The number of nitrogens with zero attached hydrogens (tertiary/aromatic N) is 4. The molecule has 32 heavy (non-hydrogen) atoms. The third-order valence-corrected chi connectivity index (χ3v) is 7.81. The Balaban J connectivity index is 1.28. The van der Waals surface area contributed by atoms with Crippen molar-refractivity contribution >= 4 is 34.9 Å². The molecular formula is C23H27Cl2N5O2. The van der Waals surface area contributed by atoms with Gasteiger partial charge >= 0.3 is 0 Å². The van der Waals surface area contributed by atoms with Crippen LogP contribution in [0.1, 0.15) is 48.1 Å². The maximum atomic E-state index is 13.4. The third kappa shape index (κ3) is 3.85. The molecule has 0 saturated carbocycles. The van der Waals surface area contributed by atoms with Crippen LogP contribution in [0.2, 0.25) is 10.0 Å². The van der Waals surface area contributed by atoms with E-state index in [1.165, 1.54) is 0 Å². The zero-order valence-electron chi connectivity index (χ0n) is 18.0. The standard InChI is InChI=1S/C23H27Cl2N5O2/c1-13-8-19(31)21-20(13)22(28-12-27-21)29-4-6-30(7-5-29)23(32)16-11-26-10-15(16)14-2-3-17(24)18(25)9-14/h2-3,9,12-13,15-16,19,26,31H,4-8,10-11H2,1H3/t13-,15?,16?,19-/m1/s1. The van der Waals surface area contributed by atoms with Crippen LogP contribution in [0.15, 0.2) is 24.5 Å². The number of amides is 1. The van der Waals surface area contributed by atoms with Crippen molar-refractivity contribution in [2.45, 2.75) is 31.3 Å². The van der Waals surface area contributed by atoms with Gasteiger partial charge in [-0.1, -0.05) is 36.2 Å². The molecule has 2 aromatic rings. The normalized spacial score (nSPS) is 27.6. The fourth-order valence-corrected chi connectivity index (χ4v) is 5.67. The number of nitrogens with one attached hydrogen (secondary N) is 1. The number of hydrogen-bond acceptors (Lipinski definition) is 6. The maximum absolute atomic E-state index is 13.4. The van der Waals surface area contributed by atoms with Crippen molar-refractivity contribution in [3.8, 4) is 0 Å². The van der Waals surface area contributed by atoms with Gasteiger partial charge in [-0.15, -0.1) is 0 Å². The van der Waals surface area contributed by atoms with Gasteiger partial charge in [-0.25, -0.2) is 9.97 Å². The molecule has 1 aliphatic carbocycles. The van der Waals surface area contributed by atoms with Crippen LogP contribution < -0.4 is 10.2 Å².